The third kappa shape index (κ3) is 3.72. The van der Waals surface area contributed by atoms with E-state index in [1.54, 1.807) is 14.0 Å². The number of halogens is 1. The van der Waals surface area contributed by atoms with Gasteiger partial charge in [0.1, 0.15) is 5.52 Å². The number of rotatable bonds is 7. The number of aromatic nitrogens is 3. The van der Waals surface area contributed by atoms with Crippen molar-refractivity contribution in [1.29, 1.82) is 0 Å². The molecule has 144 valence electrons. The van der Waals surface area contributed by atoms with E-state index in [4.69, 9.17) is 9.47 Å². The number of carbonyl (C=O) groups is 1. The van der Waals surface area contributed by atoms with Crippen LogP contribution in [0.1, 0.15) is 6.92 Å². The lowest BCUT2D eigenvalue weighted by atomic mass is 10.2. The van der Waals surface area contributed by atoms with Crippen LogP contribution in [0.5, 0.6) is 5.75 Å². The highest BCUT2D eigenvalue weighted by molar-refractivity contribution is 7.92. The molecule has 3 aromatic rings. The molecule has 9 nitrogen and oxygen atoms in total. The van der Waals surface area contributed by atoms with Crippen LogP contribution in [0.4, 0.5) is 10.1 Å². The first-order valence-electron chi connectivity index (χ1n) is 7.91. The Bertz CT molecular complexity index is 1080. The zero-order chi connectivity index (χ0) is 19.6. The van der Waals surface area contributed by atoms with E-state index in [0.717, 1.165) is 0 Å². The minimum absolute atomic E-state index is 0.0146. The van der Waals surface area contributed by atoms with Gasteiger partial charge in [0.25, 0.3) is 10.0 Å². The normalized spacial score (nSPS) is 11.5. The number of carbonyl (C=O) groups excluding carboxylic acids is 1. The second kappa shape index (κ2) is 7.27. The van der Waals surface area contributed by atoms with E-state index in [1.807, 2.05) is 0 Å². The van der Waals surface area contributed by atoms with Gasteiger partial charge < -0.3 is 19.0 Å². The SMILES string of the molecule is CCOC(=O)COc1c(NS(=O)(=O)c2ccc[nH]2)cc2c(ncn2C)c1F. The maximum atomic E-state index is 14.9. The van der Waals surface area contributed by atoms with Crippen molar-refractivity contribution in [2.45, 2.75) is 11.9 Å². The molecular formula is C16H17FN4O5S. The van der Waals surface area contributed by atoms with Gasteiger partial charge in [0, 0.05) is 13.2 Å². The first-order chi connectivity index (χ1) is 12.8. The Kier molecular flexibility index (Phi) is 5.04. The zero-order valence-corrected chi connectivity index (χ0v) is 15.3. The van der Waals surface area contributed by atoms with E-state index >= 15 is 0 Å². The molecule has 0 aliphatic rings. The van der Waals surface area contributed by atoms with Gasteiger partial charge in [0.2, 0.25) is 0 Å². The van der Waals surface area contributed by atoms with Gasteiger partial charge in [-0.1, -0.05) is 0 Å². The third-order valence-electron chi connectivity index (χ3n) is 3.66. The summed E-state index contributed by atoms with van der Waals surface area (Å²) in [6, 6.07) is 4.24. The van der Waals surface area contributed by atoms with E-state index in [9.17, 15) is 17.6 Å². The highest BCUT2D eigenvalue weighted by Crippen LogP contribution is 2.35. The lowest BCUT2D eigenvalue weighted by Gasteiger charge is -2.14. The summed E-state index contributed by atoms with van der Waals surface area (Å²) in [6.07, 6.45) is 2.82. The third-order valence-corrected chi connectivity index (χ3v) is 4.98. The summed E-state index contributed by atoms with van der Waals surface area (Å²) >= 11 is 0. The number of benzene rings is 1. The maximum absolute atomic E-state index is 14.9. The van der Waals surface area contributed by atoms with Gasteiger partial charge in [-0.15, -0.1) is 0 Å². The average molecular weight is 396 g/mol. The molecule has 0 saturated heterocycles. The number of aromatic amines is 1. The highest BCUT2D eigenvalue weighted by atomic mass is 32.2. The van der Waals surface area contributed by atoms with Gasteiger partial charge in [0.15, 0.2) is 23.2 Å². The van der Waals surface area contributed by atoms with Crippen molar-refractivity contribution in [1.82, 2.24) is 14.5 Å². The molecule has 0 saturated carbocycles. The quantitative estimate of drug-likeness (QED) is 0.588. The monoisotopic (exact) mass is 396 g/mol. The number of fused-ring (bicyclic) bond motifs is 1. The first-order valence-corrected chi connectivity index (χ1v) is 9.40. The zero-order valence-electron chi connectivity index (χ0n) is 14.5. The summed E-state index contributed by atoms with van der Waals surface area (Å²) in [4.78, 5) is 18.0. The Morgan fingerprint density at radius 1 is 1.44 bits per heavy atom. The molecule has 0 radical (unpaired) electrons. The van der Waals surface area contributed by atoms with Crippen molar-refractivity contribution < 1.29 is 27.1 Å². The lowest BCUT2D eigenvalue weighted by Crippen LogP contribution is -2.18. The molecule has 0 bridgehead atoms. The van der Waals surface area contributed by atoms with Crippen LogP contribution < -0.4 is 9.46 Å². The Morgan fingerprint density at radius 2 is 2.22 bits per heavy atom. The summed E-state index contributed by atoms with van der Waals surface area (Å²) in [7, 11) is -2.38. The number of imidazole rings is 1. The van der Waals surface area contributed by atoms with Crippen molar-refractivity contribution in [2.75, 3.05) is 17.9 Å². The Balaban J connectivity index is 2.04. The molecule has 0 amide bonds. The molecule has 0 fully saturated rings. The van der Waals surface area contributed by atoms with Crippen molar-refractivity contribution in [3.8, 4) is 5.75 Å². The van der Waals surface area contributed by atoms with Crippen LogP contribution in [0.15, 0.2) is 35.7 Å². The van der Waals surface area contributed by atoms with Crippen LogP contribution in [-0.2, 0) is 26.6 Å². The number of nitrogens with one attached hydrogen (secondary N) is 2. The molecule has 3 rings (SSSR count). The summed E-state index contributed by atoms with van der Waals surface area (Å²) in [5.41, 5.74) is 0.168. The average Bonchev–Trinajstić information content (AvgIpc) is 3.26. The molecule has 2 aromatic heterocycles. The molecule has 0 aliphatic carbocycles. The van der Waals surface area contributed by atoms with Crippen LogP contribution >= 0.6 is 0 Å². The Morgan fingerprint density at radius 3 is 2.89 bits per heavy atom. The molecule has 2 N–H and O–H groups in total. The fourth-order valence-electron chi connectivity index (χ4n) is 2.44. The number of esters is 1. The minimum atomic E-state index is -4.02. The van der Waals surface area contributed by atoms with E-state index in [1.165, 1.54) is 35.3 Å². The van der Waals surface area contributed by atoms with Crippen LogP contribution in [0.3, 0.4) is 0 Å². The smallest absolute Gasteiger partial charge is 0.344 e. The second-order valence-electron chi connectivity index (χ2n) is 5.52. The highest BCUT2D eigenvalue weighted by Gasteiger charge is 2.24. The lowest BCUT2D eigenvalue weighted by molar-refractivity contribution is -0.145. The number of H-pyrrole nitrogens is 1. The number of ether oxygens (including phenoxy) is 2. The summed E-state index contributed by atoms with van der Waals surface area (Å²) in [5, 5.41) is -0.107. The predicted octanol–water partition coefficient (Wildman–Crippen LogP) is 1.78. The van der Waals surface area contributed by atoms with Crippen LogP contribution in [-0.4, -0.2) is 42.1 Å². The van der Waals surface area contributed by atoms with Crippen LogP contribution in [0.25, 0.3) is 11.0 Å². The molecule has 0 spiro atoms. The largest absolute Gasteiger partial charge is 0.477 e. The molecule has 11 heteroatoms. The van der Waals surface area contributed by atoms with E-state index in [2.05, 4.69) is 14.7 Å². The molecule has 2 heterocycles. The van der Waals surface area contributed by atoms with Crippen molar-refractivity contribution in [2.24, 2.45) is 7.05 Å². The number of nitrogens with zero attached hydrogens (tertiary/aromatic N) is 2. The van der Waals surface area contributed by atoms with Gasteiger partial charge in [-0.05, 0) is 25.1 Å². The first kappa shape index (κ1) is 18.7. The van der Waals surface area contributed by atoms with Gasteiger partial charge >= 0.3 is 5.97 Å². The van der Waals surface area contributed by atoms with Gasteiger partial charge in [-0.2, -0.15) is 8.42 Å². The molecule has 0 unspecified atom stereocenters. The molecular weight excluding hydrogens is 379 g/mol. The minimum Gasteiger partial charge on any atom is -0.477 e. The Labute approximate surface area is 154 Å². The summed E-state index contributed by atoms with van der Waals surface area (Å²) in [5.74, 6) is -2.04. The predicted molar refractivity (Wildman–Crippen MR) is 94.4 cm³/mol. The van der Waals surface area contributed by atoms with Crippen LogP contribution in [0, 0.1) is 5.82 Å². The van der Waals surface area contributed by atoms with Crippen molar-refractivity contribution >= 4 is 32.7 Å². The summed E-state index contributed by atoms with van der Waals surface area (Å²) in [6.45, 7) is 1.17. The second-order valence-corrected chi connectivity index (χ2v) is 7.17. The van der Waals surface area contributed by atoms with Crippen LogP contribution in [0.2, 0.25) is 0 Å². The number of anilines is 1. The summed E-state index contributed by atoms with van der Waals surface area (Å²) < 4.78 is 53.7. The van der Waals surface area contributed by atoms with E-state index in [-0.39, 0.29) is 22.8 Å². The fourth-order valence-corrected chi connectivity index (χ4v) is 3.47. The number of aryl methyl sites for hydroxylation is 1. The van der Waals surface area contributed by atoms with Crippen molar-refractivity contribution in [3.63, 3.8) is 0 Å². The maximum Gasteiger partial charge on any atom is 0.344 e. The molecule has 0 aliphatic heterocycles. The topological polar surface area (TPSA) is 115 Å². The molecule has 27 heavy (non-hydrogen) atoms. The number of hydrogen-bond donors (Lipinski definition) is 2. The molecule has 0 atom stereocenters. The molecule has 1 aromatic carbocycles. The number of sulfonamides is 1. The van der Waals surface area contributed by atoms with E-state index < -0.39 is 34.2 Å². The Hall–Kier alpha value is -3.08. The van der Waals surface area contributed by atoms with Crippen molar-refractivity contribution in [3.05, 3.63) is 36.5 Å². The van der Waals surface area contributed by atoms with E-state index in [0.29, 0.717) is 5.52 Å². The number of hydrogen-bond acceptors (Lipinski definition) is 6. The van der Waals surface area contributed by atoms with Gasteiger partial charge in [-0.25, -0.2) is 14.2 Å². The van der Waals surface area contributed by atoms with Gasteiger partial charge in [0.05, 0.1) is 24.1 Å². The van der Waals surface area contributed by atoms with Gasteiger partial charge in [-0.3, -0.25) is 4.72 Å². The standard InChI is InChI=1S/C16H17FN4O5S/c1-3-25-13(22)8-26-16-10(20-27(23,24)12-5-4-6-18-12)7-11-15(14(16)17)19-9-21(11)2/h4-7,9,18,20H,3,8H2,1-2H3. The fraction of sp³-hybridized carbons (Fsp3) is 0.250.